The number of piperazine rings is 1. The number of nitrogens with zero attached hydrogens (tertiary/aromatic N) is 1. The van der Waals surface area contributed by atoms with Gasteiger partial charge in [0.25, 0.3) is 5.91 Å². The third-order valence-corrected chi connectivity index (χ3v) is 2.75. The molecule has 2 heterocycles. The molecule has 0 bridgehead atoms. The van der Waals surface area contributed by atoms with Gasteiger partial charge in [-0.15, -0.1) is 12.4 Å². The van der Waals surface area contributed by atoms with Crippen molar-refractivity contribution in [1.29, 1.82) is 0 Å². The minimum absolute atomic E-state index is 0. The largest absolute Gasteiger partial charge is 0.469 e. The highest BCUT2D eigenvalue weighted by Gasteiger charge is 2.23. The van der Waals surface area contributed by atoms with Crippen molar-refractivity contribution in [3.8, 4) is 0 Å². The minimum Gasteiger partial charge on any atom is -0.469 e. The maximum absolute atomic E-state index is 12.1. The Morgan fingerprint density at radius 3 is 2.94 bits per heavy atom. The number of halogens is 1. The van der Waals surface area contributed by atoms with Crippen LogP contribution in [0.2, 0.25) is 0 Å². The van der Waals surface area contributed by atoms with Crippen LogP contribution in [0.3, 0.4) is 0 Å². The summed E-state index contributed by atoms with van der Waals surface area (Å²) in [6.45, 7) is 6.31. The zero-order chi connectivity index (χ0) is 10.8. The molecule has 1 N–H and O–H groups in total. The van der Waals surface area contributed by atoms with Crippen molar-refractivity contribution in [2.75, 3.05) is 19.6 Å². The molecular weight excluding hydrogens is 228 g/mol. The van der Waals surface area contributed by atoms with E-state index in [9.17, 15) is 4.79 Å². The summed E-state index contributed by atoms with van der Waals surface area (Å²) in [5.74, 6) is 0.779. The molecule has 2 rings (SSSR count). The fourth-order valence-corrected chi connectivity index (χ4v) is 1.89. The number of hydrogen-bond acceptors (Lipinski definition) is 3. The van der Waals surface area contributed by atoms with Gasteiger partial charge in [-0.1, -0.05) is 0 Å². The number of aryl methyl sites for hydroxylation is 1. The molecule has 1 amide bonds. The monoisotopic (exact) mass is 244 g/mol. The van der Waals surface area contributed by atoms with Gasteiger partial charge in [-0.3, -0.25) is 4.79 Å². The lowest BCUT2D eigenvalue weighted by Gasteiger charge is -2.31. The lowest BCUT2D eigenvalue weighted by atomic mass is 10.2. The summed E-state index contributed by atoms with van der Waals surface area (Å²) in [5.41, 5.74) is 0.684. The van der Waals surface area contributed by atoms with E-state index >= 15 is 0 Å². The van der Waals surface area contributed by atoms with E-state index in [1.54, 1.807) is 12.3 Å². The second-order valence-corrected chi connectivity index (χ2v) is 4.00. The van der Waals surface area contributed by atoms with Crippen molar-refractivity contribution in [2.45, 2.75) is 19.9 Å². The molecule has 1 aliphatic heterocycles. The summed E-state index contributed by atoms with van der Waals surface area (Å²) in [5, 5.41) is 3.31. The quantitative estimate of drug-likeness (QED) is 0.813. The minimum atomic E-state index is 0. The lowest BCUT2D eigenvalue weighted by molar-refractivity contribution is 0.0707. The number of carbonyl (C=O) groups is 1. The van der Waals surface area contributed by atoms with Crippen LogP contribution in [0.25, 0.3) is 0 Å². The van der Waals surface area contributed by atoms with Gasteiger partial charge >= 0.3 is 0 Å². The molecule has 1 aromatic rings. The number of hydrogen-bond donors (Lipinski definition) is 1. The molecule has 1 fully saturated rings. The van der Waals surface area contributed by atoms with E-state index < -0.39 is 0 Å². The number of amides is 1. The SMILES string of the molecule is Cc1occc1C(=O)N1CCN[C@@H](C)C1.Cl. The first kappa shape index (κ1) is 13.1. The van der Waals surface area contributed by atoms with E-state index in [1.165, 1.54) is 0 Å². The molecule has 0 unspecified atom stereocenters. The van der Waals surface area contributed by atoms with Crippen LogP contribution in [0.15, 0.2) is 16.7 Å². The highest BCUT2D eigenvalue weighted by molar-refractivity contribution is 5.95. The second-order valence-electron chi connectivity index (χ2n) is 4.00. The van der Waals surface area contributed by atoms with Crippen LogP contribution >= 0.6 is 12.4 Å². The van der Waals surface area contributed by atoms with Crippen LogP contribution in [0.4, 0.5) is 0 Å². The highest BCUT2D eigenvalue weighted by atomic mass is 35.5. The standard InChI is InChI=1S/C11H16N2O2.ClH/c1-8-7-13(5-4-12-8)11(14)10-3-6-15-9(10)2;/h3,6,8,12H,4-5,7H2,1-2H3;1H/t8-;/m0./s1. The van der Waals surface area contributed by atoms with Gasteiger partial charge in [0.15, 0.2) is 0 Å². The van der Waals surface area contributed by atoms with Gasteiger partial charge in [-0.2, -0.15) is 0 Å². The molecule has 1 atom stereocenters. The second kappa shape index (κ2) is 5.37. The van der Waals surface area contributed by atoms with Crippen molar-refractivity contribution in [1.82, 2.24) is 10.2 Å². The van der Waals surface area contributed by atoms with E-state index in [0.29, 0.717) is 17.4 Å². The summed E-state index contributed by atoms with van der Waals surface area (Å²) in [6, 6.07) is 2.11. The van der Waals surface area contributed by atoms with Crippen molar-refractivity contribution < 1.29 is 9.21 Å². The Kier molecular flexibility index (Phi) is 4.38. The molecule has 90 valence electrons. The Hall–Kier alpha value is -1.00. The van der Waals surface area contributed by atoms with Crippen LogP contribution in [0.1, 0.15) is 23.0 Å². The van der Waals surface area contributed by atoms with Crippen molar-refractivity contribution in [2.24, 2.45) is 0 Å². The van der Waals surface area contributed by atoms with Crippen LogP contribution in [-0.2, 0) is 0 Å². The third-order valence-electron chi connectivity index (χ3n) is 2.75. The predicted octanol–water partition coefficient (Wildman–Crippen LogP) is 1.44. The fourth-order valence-electron chi connectivity index (χ4n) is 1.89. The maximum Gasteiger partial charge on any atom is 0.257 e. The van der Waals surface area contributed by atoms with Gasteiger partial charge in [-0.25, -0.2) is 0 Å². The van der Waals surface area contributed by atoms with Crippen LogP contribution in [0, 0.1) is 6.92 Å². The van der Waals surface area contributed by atoms with Crippen molar-refractivity contribution >= 4 is 18.3 Å². The predicted molar refractivity (Wildman–Crippen MR) is 64.1 cm³/mol. The Labute approximate surface area is 101 Å². The normalized spacial score (nSPS) is 20.4. The Balaban J connectivity index is 0.00000128. The molecule has 0 radical (unpaired) electrons. The first-order chi connectivity index (χ1) is 7.18. The maximum atomic E-state index is 12.1. The van der Waals surface area contributed by atoms with Gasteiger partial charge in [0.05, 0.1) is 11.8 Å². The van der Waals surface area contributed by atoms with Crippen LogP contribution in [-0.4, -0.2) is 36.5 Å². The first-order valence-corrected chi connectivity index (χ1v) is 5.25. The van der Waals surface area contributed by atoms with Crippen molar-refractivity contribution in [3.05, 3.63) is 23.7 Å². The van der Waals surface area contributed by atoms with E-state index in [2.05, 4.69) is 12.2 Å². The van der Waals surface area contributed by atoms with Gasteiger partial charge in [0, 0.05) is 25.7 Å². The molecule has 0 saturated carbocycles. The fraction of sp³-hybridized carbons (Fsp3) is 0.545. The average molecular weight is 245 g/mol. The first-order valence-electron chi connectivity index (χ1n) is 5.25. The Bertz CT molecular complexity index is 365. The lowest BCUT2D eigenvalue weighted by Crippen LogP contribution is -2.51. The number of furan rings is 1. The summed E-state index contributed by atoms with van der Waals surface area (Å²) in [6.07, 6.45) is 1.56. The molecule has 0 aliphatic carbocycles. The molecule has 1 aliphatic rings. The molecular formula is C11H17ClN2O2. The number of rotatable bonds is 1. The van der Waals surface area contributed by atoms with Gasteiger partial charge in [0.2, 0.25) is 0 Å². The smallest absolute Gasteiger partial charge is 0.257 e. The highest BCUT2D eigenvalue weighted by Crippen LogP contribution is 2.13. The van der Waals surface area contributed by atoms with Crippen molar-refractivity contribution in [3.63, 3.8) is 0 Å². The summed E-state index contributed by atoms with van der Waals surface area (Å²) >= 11 is 0. The summed E-state index contributed by atoms with van der Waals surface area (Å²) < 4.78 is 5.14. The summed E-state index contributed by atoms with van der Waals surface area (Å²) in [7, 11) is 0. The van der Waals surface area contributed by atoms with E-state index in [-0.39, 0.29) is 18.3 Å². The van der Waals surface area contributed by atoms with Crippen LogP contribution in [0.5, 0.6) is 0 Å². The molecule has 1 saturated heterocycles. The Morgan fingerprint density at radius 2 is 2.38 bits per heavy atom. The molecule has 16 heavy (non-hydrogen) atoms. The molecule has 0 aromatic carbocycles. The third kappa shape index (κ3) is 2.57. The molecule has 1 aromatic heterocycles. The van der Waals surface area contributed by atoms with Crippen LogP contribution < -0.4 is 5.32 Å². The Morgan fingerprint density at radius 1 is 1.62 bits per heavy atom. The topological polar surface area (TPSA) is 45.5 Å². The average Bonchev–Trinajstić information content (AvgIpc) is 2.63. The molecule has 4 nitrogen and oxygen atoms in total. The van der Waals surface area contributed by atoms with E-state index in [1.807, 2.05) is 11.8 Å². The zero-order valence-corrected chi connectivity index (χ0v) is 10.3. The van der Waals surface area contributed by atoms with E-state index in [4.69, 9.17) is 4.42 Å². The van der Waals surface area contributed by atoms with Gasteiger partial charge in [0.1, 0.15) is 5.76 Å². The van der Waals surface area contributed by atoms with Gasteiger partial charge in [-0.05, 0) is 19.9 Å². The number of carbonyl (C=O) groups excluding carboxylic acids is 1. The number of nitrogens with one attached hydrogen (secondary N) is 1. The van der Waals surface area contributed by atoms with Gasteiger partial charge < -0.3 is 14.6 Å². The molecule has 0 spiro atoms. The van der Waals surface area contributed by atoms with E-state index in [0.717, 1.165) is 19.6 Å². The summed E-state index contributed by atoms with van der Waals surface area (Å²) in [4.78, 5) is 13.9. The molecule has 5 heteroatoms. The zero-order valence-electron chi connectivity index (χ0n) is 9.53.